The summed E-state index contributed by atoms with van der Waals surface area (Å²) in [5, 5.41) is 1.17. The van der Waals surface area contributed by atoms with E-state index in [1.165, 1.54) is 112 Å². The van der Waals surface area contributed by atoms with Crippen LogP contribution in [-0.2, 0) is 11.8 Å². The minimum absolute atomic E-state index is 0.0610. The smallest absolute Gasteiger partial charge is 0.0716 e. The van der Waals surface area contributed by atoms with Crippen molar-refractivity contribution in [2.45, 2.75) is 71.1 Å². The molecule has 0 saturated heterocycles. The largest absolute Gasteiger partial charge is 0.248 e. The Balaban J connectivity index is 1.14. The Morgan fingerprint density at radius 1 is 0.451 bits per heavy atom. The highest BCUT2D eigenvalue weighted by Gasteiger charge is 2.35. The van der Waals surface area contributed by atoms with Gasteiger partial charge in [0.2, 0.25) is 0 Å². The molecule has 1 heterocycles. The molecule has 1 aliphatic carbocycles. The lowest BCUT2D eigenvalue weighted by atomic mass is 9.82. The molecule has 0 fully saturated rings. The van der Waals surface area contributed by atoms with Gasteiger partial charge >= 0.3 is 0 Å². The number of hydrogen-bond acceptors (Lipinski definition) is 1. The van der Waals surface area contributed by atoms with Crippen LogP contribution in [0.2, 0.25) is 0 Å². The zero-order chi connectivity index (χ0) is 34.8. The van der Waals surface area contributed by atoms with Gasteiger partial charge in [-0.15, -0.1) is 0 Å². The van der Waals surface area contributed by atoms with Crippen molar-refractivity contribution in [3.8, 4) is 55.8 Å². The molecule has 0 saturated carbocycles. The van der Waals surface area contributed by atoms with E-state index in [0.717, 1.165) is 16.8 Å². The van der Waals surface area contributed by atoms with Crippen molar-refractivity contribution < 1.29 is 0 Å². The third-order valence-corrected chi connectivity index (χ3v) is 11.1. The second kappa shape index (κ2) is 14.2. The molecule has 1 aromatic heterocycles. The fourth-order valence-corrected chi connectivity index (χ4v) is 8.10. The maximum Gasteiger partial charge on any atom is 0.0716 e. The predicted molar refractivity (Wildman–Crippen MR) is 218 cm³/mol. The van der Waals surface area contributed by atoms with Crippen LogP contribution in [0.15, 0.2) is 146 Å². The molecular formula is C50H47N. The molecule has 0 atom stereocenters. The zero-order valence-electron chi connectivity index (χ0n) is 30.3. The zero-order valence-corrected chi connectivity index (χ0v) is 30.3. The fourth-order valence-electron chi connectivity index (χ4n) is 8.10. The first kappa shape index (κ1) is 32.9. The number of unbranched alkanes of at least 4 members (excludes halogenated alkanes) is 5. The van der Waals surface area contributed by atoms with Gasteiger partial charge in [-0.2, -0.15) is 0 Å². The number of benzene rings is 6. The van der Waals surface area contributed by atoms with Crippen molar-refractivity contribution in [1.29, 1.82) is 0 Å². The number of pyridine rings is 1. The first-order valence-corrected chi connectivity index (χ1v) is 18.9. The van der Waals surface area contributed by atoms with Crippen LogP contribution in [0.5, 0.6) is 0 Å². The quantitative estimate of drug-likeness (QED) is 0.126. The lowest BCUT2D eigenvalue weighted by Gasteiger charge is -2.22. The second-order valence-corrected chi connectivity index (χ2v) is 14.9. The molecule has 1 aliphatic rings. The molecule has 1 heteroatoms. The van der Waals surface area contributed by atoms with Crippen LogP contribution in [0, 0.1) is 0 Å². The van der Waals surface area contributed by atoms with Crippen LogP contribution in [-0.4, -0.2) is 4.98 Å². The number of nitrogens with zero attached hydrogens (tertiary/aromatic N) is 1. The van der Waals surface area contributed by atoms with Crippen LogP contribution in [0.3, 0.4) is 0 Å². The van der Waals surface area contributed by atoms with Gasteiger partial charge in [-0.25, -0.2) is 4.98 Å². The summed E-state index contributed by atoms with van der Waals surface area (Å²) < 4.78 is 0. The first-order chi connectivity index (χ1) is 25.0. The Morgan fingerprint density at radius 2 is 1.06 bits per heavy atom. The Bertz CT molecular complexity index is 2290. The number of aryl methyl sites for hydroxylation is 1. The summed E-state index contributed by atoms with van der Waals surface area (Å²) in [6.45, 7) is 6.97. The molecule has 0 aliphatic heterocycles. The molecule has 0 spiro atoms. The average Bonchev–Trinajstić information content (AvgIpc) is 3.41. The molecule has 0 radical (unpaired) electrons. The van der Waals surface area contributed by atoms with Crippen LogP contribution in [0.1, 0.15) is 76.0 Å². The van der Waals surface area contributed by atoms with Crippen molar-refractivity contribution in [3.05, 3.63) is 162 Å². The van der Waals surface area contributed by atoms with Crippen molar-refractivity contribution in [1.82, 2.24) is 4.98 Å². The van der Waals surface area contributed by atoms with Gasteiger partial charge < -0.3 is 0 Å². The lowest BCUT2D eigenvalue weighted by molar-refractivity contribution is 0.607. The van der Waals surface area contributed by atoms with E-state index < -0.39 is 0 Å². The standard InChI is InChI=1S/C50H47N/c1-4-5-6-7-8-10-15-35-20-22-37(23-21-35)38-24-26-39(27-25-38)44-34-49(51-48-31-29-40(32-45(44)48)36-16-11-9-12-17-36)41-28-30-43-42-18-13-14-19-46(42)50(2,3)47(43)33-41/h9,11-14,16-34H,4-8,10,15H2,1-3H3. The summed E-state index contributed by atoms with van der Waals surface area (Å²) in [5.41, 5.74) is 17.3. The SMILES string of the molecule is CCCCCCCCc1ccc(-c2ccc(-c3cc(-c4ccc5c(c4)C(C)(C)c4ccccc4-5)nc4ccc(-c5ccccc5)cc34)cc2)cc1. The van der Waals surface area contributed by atoms with E-state index in [1.807, 2.05) is 0 Å². The van der Waals surface area contributed by atoms with E-state index >= 15 is 0 Å². The summed E-state index contributed by atoms with van der Waals surface area (Å²) in [6.07, 6.45) is 9.19. The highest BCUT2D eigenvalue weighted by Crippen LogP contribution is 2.49. The number of rotatable bonds is 11. The summed E-state index contributed by atoms with van der Waals surface area (Å²) in [6, 6.07) is 53.8. The maximum absolute atomic E-state index is 5.30. The molecule has 7 aromatic rings. The first-order valence-electron chi connectivity index (χ1n) is 18.9. The van der Waals surface area contributed by atoms with Crippen molar-refractivity contribution in [3.63, 3.8) is 0 Å². The van der Waals surface area contributed by atoms with E-state index in [9.17, 15) is 0 Å². The Labute approximate surface area is 304 Å². The number of aromatic nitrogens is 1. The molecule has 252 valence electrons. The summed E-state index contributed by atoms with van der Waals surface area (Å²) in [4.78, 5) is 5.30. The molecule has 1 nitrogen and oxygen atoms in total. The van der Waals surface area contributed by atoms with Crippen LogP contribution < -0.4 is 0 Å². The number of hydrogen-bond donors (Lipinski definition) is 0. The summed E-state index contributed by atoms with van der Waals surface area (Å²) in [7, 11) is 0. The molecule has 6 aromatic carbocycles. The van der Waals surface area contributed by atoms with Crippen LogP contribution in [0.4, 0.5) is 0 Å². The third kappa shape index (κ3) is 6.54. The van der Waals surface area contributed by atoms with E-state index in [4.69, 9.17) is 4.98 Å². The molecule has 8 rings (SSSR count). The van der Waals surface area contributed by atoms with Gasteiger partial charge in [0.05, 0.1) is 11.2 Å². The van der Waals surface area contributed by atoms with E-state index in [1.54, 1.807) is 0 Å². The Kier molecular flexibility index (Phi) is 9.13. The molecule has 0 N–H and O–H groups in total. The van der Waals surface area contributed by atoms with Gasteiger partial charge in [-0.05, 0) is 98.3 Å². The minimum atomic E-state index is -0.0610. The summed E-state index contributed by atoms with van der Waals surface area (Å²) >= 11 is 0. The molecule has 51 heavy (non-hydrogen) atoms. The summed E-state index contributed by atoms with van der Waals surface area (Å²) in [5.74, 6) is 0. The topological polar surface area (TPSA) is 12.9 Å². The Morgan fingerprint density at radius 3 is 1.84 bits per heavy atom. The van der Waals surface area contributed by atoms with Crippen molar-refractivity contribution >= 4 is 10.9 Å². The minimum Gasteiger partial charge on any atom is -0.248 e. The monoisotopic (exact) mass is 661 g/mol. The lowest BCUT2D eigenvalue weighted by Crippen LogP contribution is -2.14. The normalized spacial score (nSPS) is 12.9. The molecular weight excluding hydrogens is 615 g/mol. The van der Waals surface area contributed by atoms with Crippen molar-refractivity contribution in [2.24, 2.45) is 0 Å². The fraction of sp³-hybridized carbons (Fsp3) is 0.220. The van der Waals surface area contributed by atoms with Crippen LogP contribution >= 0.6 is 0 Å². The highest BCUT2D eigenvalue weighted by atomic mass is 14.7. The molecule has 0 unspecified atom stereocenters. The van der Waals surface area contributed by atoms with Crippen molar-refractivity contribution in [2.75, 3.05) is 0 Å². The second-order valence-electron chi connectivity index (χ2n) is 14.9. The van der Waals surface area contributed by atoms with E-state index in [2.05, 4.69) is 166 Å². The maximum atomic E-state index is 5.30. The highest BCUT2D eigenvalue weighted by molar-refractivity contribution is 5.99. The predicted octanol–water partition coefficient (Wildman–Crippen LogP) is 14.1. The van der Waals surface area contributed by atoms with E-state index in [0.29, 0.717) is 0 Å². The molecule has 0 bridgehead atoms. The van der Waals surface area contributed by atoms with Gasteiger partial charge in [0, 0.05) is 16.4 Å². The van der Waals surface area contributed by atoms with Gasteiger partial charge in [0.1, 0.15) is 0 Å². The van der Waals surface area contributed by atoms with Gasteiger partial charge in [-0.1, -0.05) is 174 Å². The van der Waals surface area contributed by atoms with E-state index in [-0.39, 0.29) is 5.41 Å². The van der Waals surface area contributed by atoms with Gasteiger partial charge in [0.25, 0.3) is 0 Å². The van der Waals surface area contributed by atoms with Gasteiger partial charge in [-0.3, -0.25) is 0 Å². The third-order valence-electron chi connectivity index (χ3n) is 11.1. The van der Waals surface area contributed by atoms with Crippen LogP contribution in [0.25, 0.3) is 66.7 Å². The molecule has 0 amide bonds. The van der Waals surface area contributed by atoms with Gasteiger partial charge in [0.15, 0.2) is 0 Å². The Hall–Kier alpha value is -5.27. The average molecular weight is 662 g/mol. The number of fused-ring (bicyclic) bond motifs is 4.